The molecule has 0 aliphatic carbocycles. The summed E-state index contributed by atoms with van der Waals surface area (Å²) in [6.45, 7) is 0. The van der Waals surface area contributed by atoms with Crippen molar-refractivity contribution in [1.29, 1.82) is 0 Å². The van der Waals surface area contributed by atoms with E-state index in [-0.39, 0.29) is 0 Å². The third-order valence-corrected chi connectivity index (χ3v) is 12.4. The lowest BCUT2D eigenvalue weighted by atomic mass is 9.99. The second kappa shape index (κ2) is 14.0. The Hall–Kier alpha value is -8.61. The fraction of sp³-hybridized carbons (Fsp3) is 0. The maximum absolute atomic E-state index is 6.82. The third-order valence-electron chi connectivity index (χ3n) is 12.4. The second-order valence-corrected chi connectivity index (χ2v) is 16.0. The number of fused-ring (bicyclic) bond motifs is 10. The van der Waals surface area contributed by atoms with Gasteiger partial charge in [-0.25, -0.2) is 15.0 Å². The monoisotopic (exact) mass is 805 g/mol. The molecule has 4 aromatic heterocycles. The summed E-state index contributed by atoms with van der Waals surface area (Å²) in [5, 5.41) is 6.86. The van der Waals surface area contributed by atoms with Crippen LogP contribution in [0.4, 0.5) is 0 Å². The summed E-state index contributed by atoms with van der Waals surface area (Å²) in [4.78, 5) is 15.2. The van der Waals surface area contributed by atoms with Gasteiger partial charge in [-0.15, -0.1) is 0 Å². The number of rotatable bonds is 6. The number of aromatic nitrogens is 5. The molecule has 13 rings (SSSR count). The van der Waals surface area contributed by atoms with Gasteiger partial charge in [-0.05, 0) is 59.7 Å². The van der Waals surface area contributed by atoms with E-state index in [4.69, 9.17) is 19.4 Å². The highest BCUT2D eigenvalue weighted by Gasteiger charge is 2.22. The molecule has 6 heteroatoms. The Labute approximate surface area is 361 Å². The van der Waals surface area contributed by atoms with Crippen molar-refractivity contribution >= 4 is 65.6 Å². The summed E-state index contributed by atoms with van der Waals surface area (Å²) in [6.07, 6.45) is 0. The molecule has 0 saturated heterocycles. The molecule has 0 fully saturated rings. The fourth-order valence-electron chi connectivity index (χ4n) is 9.55. The molecule has 0 atom stereocenters. The average molecular weight is 806 g/mol. The zero-order chi connectivity index (χ0) is 41.4. The van der Waals surface area contributed by atoms with Gasteiger partial charge in [0, 0.05) is 60.4 Å². The van der Waals surface area contributed by atoms with Crippen LogP contribution in [0.3, 0.4) is 0 Å². The first kappa shape index (κ1) is 35.2. The topological polar surface area (TPSA) is 61.7 Å². The fourth-order valence-corrected chi connectivity index (χ4v) is 9.55. The average Bonchev–Trinajstić information content (AvgIpc) is 4.02. The van der Waals surface area contributed by atoms with Gasteiger partial charge in [0.2, 0.25) is 0 Å². The number of para-hydroxylation sites is 2. The van der Waals surface area contributed by atoms with Crippen LogP contribution in [0.5, 0.6) is 0 Å². The highest BCUT2D eigenvalue weighted by molar-refractivity contribution is 6.22. The van der Waals surface area contributed by atoms with Crippen LogP contribution in [-0.4, -0.2) is 24.1 Å². The molecule has 13 aromatic rings. The van der Waals surface area contributed by atoms with Gasteiger partial charge in [-0.1, -0.05) is 164 Å². The zero-order valence-electron chi connectivity index (χ0n) is 33.9. The van der Waals surface area contributed by atoms with Crippen molar-refractivity contribution in [3.8, 4) is 56.7 Å². The van der Waals surface area contributed by atoms with E-state index in [0.29, 0.717) is 17.5 Å². The Balaban J connectivity index is 1.08. The highest BCUT2D eigenvalue weighted by atomic mass is 16.3. The lowest BCUT2D eigenvalue weighted by molar-refractivity contribution is 0.671. The van der Waals surface area contributed by atoms with Crippen molar-refractivity contribution in [2.24, 2.45) is 0 Å². The smallest absolute Gasteiger partial charge is 0.164 e. The van der Waals surface area contributed by atoms with E-state index in [1.807, 2.05) is 72.8 Å². The standard InChI is InChI=1S/C57H35N5O/c1-4-16-36(17-5-1)42-26-15-28-49-52(42)47-25-10-12-27-48(47)61(49)41-30-31-43-45-32-33-46-44-24-11-13-29-51(44)63-54(46)53(45)62(50(43)35-41)40-23-14-22-39(34-40)57-59-55(37-18-6-2-7-19-37)58-56(60-57)38-20-8-3-9-21-38/h1-35H. The molecule has 0 aliphatic heterocycles. The van der Waals surface area contributed by atoms with Crippen LogP contribution >= 0.6 is 0 Å². The molecule has 0 aliphatic rings. The minimum atomic E-state index is 0.597. The Morgan fingerprint density at radius 1 is 0.333 bits per heavy atom. The molecule has 0 radical (unpaired) electrons. The molecular formula is C57H35N5O. The van der Waals surface area contributed by atoms with Gasteiger partial charge in [-0.3, -0.25) is 0 Å². The van der Waals surface area contributed by atoms with Crippen LogP contribution in [-0.2, 0) is 0 Å². The van der Waals surface area contributed by atoms with E-state index in [1.165, 1.54) is 21.9 Å². The molecule has 294 valence electrons. The van der Waals surface area contributed by atoms with E-state index in [9.17, 15) is 0 Å². The molecule has 4 heterocycles. The van der Waals surface area contributed by atoms with E-state index >= 15 is 0 Å². The van der Waals surface area contributed by atoms with Crippen molar-refractivity contribution in [2.45, 2.75) is 0 Å². The predicted octanol–water partition coefficient (Wildman–Crippen LogP) is 14.6. The van der Waals surface area contributed by atoms with Gasteiger partial charge in [-0.2, -0.15) is 0 Å². The first-order valence-corrected chi connectivity index (χ1v) is 21.2. The number of furan rings is 1. The Kier molecular flexibility index (Phi) is 7.80. The van der Waals surface area contributed by atoms with Crippen LogP contribution in [0.15, 0.2) is 217 Å². The molecule has 0 saturated carbocycles. The van der Waals surface area contributed by atoms with Crippen LogP contribution in [0.25, 0.3) is 122 Å². The minimum absolute atomic E-state index is 0.597. The van der Waals surface area contributed by atoms with Gasteiger partial charge in [0.05, 0.1) is 22.1 Å². The van der Waals surface area contributed by atoms with E-state index < -0.39 is 0 Å². The van der Waals surface area contributed by atoms with Crippen molar-refractivity contribution < 1.29 is 4.42 Å². The van der Waals surface area contributed by atoms with Crippen molar-refractivity contribution in [3.05, 3.63) is 212 Å². The van der Waals surface area contributed by atoms with Crippen LogP contribution in [0, 0.1) is 0 Å². The van der Waals surface area contributed by atoms with Gasteiger partial charge in [0.15, 0.2) is 23.1 Å². The Bertz CT molecular complexity index is 3850. The predicted molar refractivity (Wildman–Crippen MR) is 258 cm³/mol. The Morgan fingerprint density at radius 2 is 0.889 bits per heavy atom. The maximum Gasteiger partial charge on any atom is 0.164 e. The molecule has 63 heavy (non-hydrogen) atoms. The van der Waals surface area contributed by atoms with Crippen LogP contribution < -0.4 is 0 Å². The maximum atomic E-state index is 6.82. The molecular weight excluding hydrogens is 771 g/mol. The SMILES string of the molecule is c1ccc(-c2nc(-c3ccccc3)nc(-c3cccc(-n4c5cc(-n6c7ccccc7c7c(-c8ccccc8)cccc76)ccc5c5ccc6c7ccccc7oc6c54)c3)n2)cc1. The van der Waals surface area contributed by atoms with E-state index in [0.717, 1.165) is 82.8 Å². The van der Waals surface area contributed by atoms with Gasteiger partial charge in [0.25, 0.3) is 0 Å². The first-order chi connectivity index (χ1) is 31.2. The molecule has 0 amide bonds. The lowest BCUT2D eigenvalue weighted by Crippen LogP contribution is -2.01. The van der Waals surface area contributed by atoms with Crippen molar-refractivity contribution in [2.75, 3.05) is 0 Å². The highest BCUT2D eigenvalue weighted by Crippen LogP contribution is 2.43. The number of hydrogen-bond donors (Lipinski definition) is 0. The van der Waals surface area contributed by atoms with E-state index in [1.54, 1.807) is 0 Å². The minimum Gasteiger partial charge on any atom is -0.454 e. The van der Waals surface area contributed by atoms with Crippen molar-refractivity contribution in [1.82, 2.24) is 24.1 Å². The summed E-state index contributed by atoms with van der Waals surface area (Å²) < 4.78 is 11.6. The summed E-state index contributed by atoms with van der Waals surface area (Å²) >= 11 is 0. The second-order valence-electron chi connectivity index (χ2n) is 16.0. The first-order valence-electron chi connectivity index (χ1n) is 21.2. The molecule has 6 nitrogen and oxygen atoms in total. The van der Waals surface area contributed by atoms with Crippen LogP contribution in [0.2, 0.25) is 0 Å². The Morgan fingerprint density at radius 3 is 1.63 bits per heavy atom. The zero-order valence-corrected chi connectivity index (χ0v) is 33.9. The van der Waals surface area contributed by atoms with Crippen molar-refractivity contribution in [3.63, 3.8) is 0 Å². The molecule has 0 N–H and O–H groups in total. The summed E-state index contributed by atoms with van der Waals surface area (Å²) in [5.74, 6) is 1.84. The number of nitrogens with zero attached hydrogens (tertiary/aromatic N) is 5. The molecule has 0 spiro atoms. The number of hydrogen-bond acceptors (Lipinski definition) is 4. The van der Waals surface area contributed by atoms with Gasteiger partial charge < -0.3 is 13.6 Å². The quantitative estimate of drug-likeness (QED) is 0.168. The third kappa shape index (κ3) is 5.55. The van der Waals surface area contributed by atoms with Crippen LogP contribution in [0.1, 0.15) is 0 Å². The largest absolute Gasteiger partial charge is 0.454 e. The van der Waals surface area contributed by atoms with Gasteiger partial charge >= 0.3 is 0 Å². The lowest BCUT2D eigenvalue weighted by Gasteiger charge is -2.13. The number of benzene rings is 9. The van der Waals surface area contributed by atoms with Gasteiger partial charge in [0.1, 0.15) is 5.58 Å². The summed E-state index contributed by atoms with van der Waals surface area (Å²) in [6, 6.07) is 74.4. The van der Waals surface area contributed by atoms with E-state index in [2.05, 4.69) is 149 Å². The molecule has 0 unspecified atom stereocenters. The summed E-state index contributed by atoms with van der Waals surface area (Å²) in [7, 11) is 0. The normalized spacial score (nSPS) is 11.8. The molecule has 9 aromatic carbocycles. The summed E-state index contributed by atoms with van der Waals surface area (Å²) in [5.41, 5.74) is 13.3. The molecule has 0 bridgehead atoms.